The Morgan fingerprint density at radius 3 is 2.85 bits per heavy atom. The number of hydrogen-bond acceptors (Lipinski definition) is 4. The lowest BCUT2D eigenvalue weighted by Crippen LogP contribution is -2.16. The molecule has 74 valence electrons. The van der Waals surface area contributed by atoms with Gasteiger partial charge in [0.05, 0.1) is 0 Å². The van der Waals surface area contributed by atoms with Crippen LogP contribution < -0.4 is 5.32 Å². The number of aryl methyl sites for hydroxylation is 1. The maximum absolute atomic E-state index is 4.23. The second kappa shape index (κ2) is 5.19. The van der Waals surface area contributed by atoms with Crippen LogP contribution in [0.25, 0.3) is 0 Å². The Morgan fingerprint density at radius 1 is 1.54 bits per heavy atom. The molecule has 1 heterocycles. The van der Waals surface area contributed by atoms with E-state index in [1.54, 1.807) is 11.3 Å². The molecule has 0 aliphatic heterocycles. The molecule has 13 heavy (non-hydrogen) atoms. The summed E-state index contributed by atoms with van der Waals surface area (Å²) in [5.41, 5.74) is 0. The van der Waals surface area contributed by atoms with Crippen molar-refractivity contribution in [1.82, 2.24) is 9.88 Å². The monoisotopic (exact) mass is 199 g/mol. The minimum Gasteiger partial charge on any atom is -0.361 e. The predicted octanol–water partition coefficient (Wildman–Crippen LogP) is 1.82. The minimum atomic E-state index is 1.01. The SMILES string of the molecule is Cc1cnc(NCCCN(C)C)s1. The summed E-state index contributed by atoms with van der Waals surface area (Å²) >= 11 is 1.71. The molecule has 0 atom stereocenters. The topological polar surface area (TPSA) is 28.2 Å². The van der Waals surface area contributed by atoms with E-state index >= 15 is 0 Å². The van der Waals surface area contributed by atoms with Crippen LogP contribution in [0.1, 0.15) is 11.3 Å². The number of aromatic nitrogens is 1. The molecule has 0 fully saturated rings. The van der Waals surface area contributed by atoms with E-state index in [0.29, 0.717) is 0 Å². The quantitative estimate of drug-likeness (QED) is 0.733. The van der Waals surface area contributed by atoms with E-state index in [1.165, 1.54) is 4.88 Å². The van der Waals surface area contributed by atoms with Gasteiger partial charge in [-0.15, -0.1) is 11.3 Å². The lowest BCUT2D eigenvalue weighted by molar-refractivity contribution is 0.405. The zero-order valence-corrected chi connectivity index (χ0v) is 9.32. The third kappa shape index (κ3) is 4.24. The van der Waals surface area contributed by atoms with Crippen LogP contribution in [0.5, 0.6) is 0 Å². The van der Waals surface area contributed by atoms with Crippen molar-refractivity contribution in [3.8, 4) is 0 Å². The summed E-state index contributed by atoms with van der Waals surface area (Å²) < 4.78 is 0. The number of anilines is 1. The van der Waals surface area contributed by atoms with Gasteiger partial charge in [-0.1, -0.05) is 0 Å². The zero-order valence-electron chi connectivity index (χ0n) is 8.50. The summed E-state index contributed by atoms with van der Waals surface area (Å²) in [7, 11) is 4.18. The van der Waals surface area contributed by atoms with E-state index in [1.807, 2.05) is 6.20 Å². The average Bonchev–Trinajstić information content (AvgIpc) is 2.45. The first kappa shape index (κ1) is 10.5. The van der Waals surface area contributed by atoms with Gasteiger partial charge in [-0.05, 0) is 34.0 Å². The first-order chi connectivity index (χ1) is 6.18. The lowest BCUT2D eigenvalue weighted by Gasteiger charge is -2.08. The highest BCUT2D eigenvalue weighted by Crippen LogP contribution is 2.15. The summed E-state index contributed by atoms with van der Waals surface area (Å²) in [5.74, 6) is 0. The van der Waals surface area contributed by atoms with Crippen LogP contribution in [0.15, 0.2) is 6.20 Å². The Bertz CT molecular complexity index is 245. The molecule has 4 heteroatoms. The summed E-state index contributed by atoms with van der Waals surface area (Å²) in [6.07, 6.45) is 3.06. The Labute approximate surface area is 83.8 Å². The fraction of sp³-hybridized carbons (Fsp3) is 0.667. The van der Waals surface area contributed by atoms with Gasteiger partial charge in [0.15, 0.2) is 5.13 Å². The first-order valence-electron chi connectivity index (χ1n) is 4.49. The molecular weight excluding hydrogens is 182 g/mol. The fourth-order valence-corrected chi connectivity index (χ4v) is 1.72. The third-order valence-corrected chi connectivity index (χ3v) is 2.55. The Hall–Kier alpha value is -0.610. The third-order valence-electron chi connectivity index (χ3n) is 1.68. The first-order valence-corrected chi connectivity index (χ1v) is 5.31. The van der Waals surface area contributed by atoms with Gasteiger partial charge in [-0.3, -0.25) is 0 Å². The molecule has 0 saturated carbocycles. The molecule has 0 aromatic carbocycles. The van der Waals surface area contributed by atoms with Crippen LogP contribution >= 0.6 is 11.3 Å². The highest BCUT2D eigenvalue weighted by Gasteiger charge is 1.96. The standard InChI is InChI=1S/C9H17N3S/c1-8-7-11-9(13-8)10-5-4-6-12(2)3/h7H,4-6H2,1-3H3,(H,10,11). The van der Waals surface area contributed by atoms with Crippen molar-refractivity contribution in [3.63, 3.8) is 0 Å². The highest BCUT2D eigenvalue weighted by atomic mass is 32.1. The molecule has 0 radical (unpaired) electrons. The van der Waals surface area contributed by atoms with Crippen LogP contribution in [-0.2, 0) is 0 Å². The van der Waals surface area contributed by atoms with Crippen molar-refractivity contribution in [1.29, 1.82) is 0 Å². The number of thiazole rings is 1. The van der Waals surface area contributed by atoms with Crippen molar-refractivity contribution >= 4 is 16.5 Å². The summed E-state index contributed by atoms with van der Waals surface area (Å²) in [4.78, 5) is 7.67. The maximum atomic E-state index is 4.23. The second-order valence-electron chi connectivity index (χ2n) is 3.36. The van der Waals surface area contributed by atoms with Gasteiger partial charge in [0.2, 0.25) is 0 Å². The number of nitrogens with zero attached hydrogens (tertiary/aromatic N) is 2. The van der Waals surface area contributed by atoms with Crippen LogP contribution in [0, 0.1) is 6.92 Å². The van der Waals surface area contributed by atoms with Crippen molar-refractivity contribution in [2.45, 2.75) is 13.3 Å². The van der Waals surface area contributed by atoms with Gasteiger partial charge in [0.1, 0.15) is 0 Å². The average molecular weight is 199 g/mol. The Morgan fingerprint density at radius 2 is 2.31 bits per heavy atom. The minimum absolute atomic E-state index is 1.01. The maximum Gasteiger partial charge on any atom is 0.182 e. The van der Waals surface area contributed by atoms with E-state index in [9.17, 15) is 0 Å². The fourth-order valence-electron chi connectivity index (χ4n) is 1.03. The van der Waals surface area contributed by atoms with Crippen molar-refractivity contribution < 1.29 is 0 Å². The van der Waals surface area contributed by atoms with E-state index in [0.717, 1.165) is 24.6 Å². The largest absolute Gasteiger partial charge is 0.361 e. The molecule has 0 aliphatic rings. The van der Waals surface area contributed by atoms with Crippen LogP contribution in [-0.4, -0.2) is 37.1 Å². The highest BCUT2D eigenvalue weighted by molar-refractivity contribution is 7.15. The molecule has 1 N–H and O–H groups in total. The van der Waals surface area contributed by atoms with Gasteiger partial charge in [-0.25, -0.2) is 4.98 Å². The molecule has 1 rings (SSSR count). The molecule has 0 aliphatic carbocycles. The van der Waals surface area contributed by atoms with E-state index < -0.39 is 0 Å². The summed E-state index contributed by atoms with van der Waals surface area (Å²) in [6, 6.07) is 0. The van der Waals surface area contributed by atoms with Gasteiger partial charge >= 0.3 is 0 Å². The number of nitrogens with one attached hydrogen (secondary N) is 1. The van der Waals surface area contributed by atoms with Crippen LogP contribution in [0.4, 0.5) is 5.13 Å². The smallest absolute Gasteiger partial charge is 0.182 e. The molecule has 1 aromatic rings. The van der Waals surface area contributed by atoms with Crippen molar-refractivity contribution in [2.24, 2.45) is 0 Å². The van der Waals surface area contributed by atoms with Crippen molar-refractivity contribution in [2.75, 3.05) is 32.5 Å². The molecule has 3 nitrogen and oxygen atoms in total. The summed E-state index contributed by atoms with van der Waals surface area (Å²) in [6.45, 7) is 4.20. The van der Waals surface area contributed by atoms with E-state index in [2.05, 4.69) is 36.2 Å². The molecule has 0 saturated heterocycles. The second-order valence-corrected chi connectivity index (χ2v) is 4.59. The van der Waals surface area contributed by atoms with Gasteiger partial charge < -0.3 is 10.2 Å². The summed E-state index contributed by atoms with van der Waals surface area (Å²) in [5, 5.41) is 4.34. The van der Waals surface area contributed by atoms with Crippen LogP contribution in [0.2, 0.25) is 0 Å². The van der Waals surface area contributed by atoms with E-state index in [-0.39, 0.29) is 0 Å². The Balaban J connectivity index is 2.13. The lowest BCUT2D eigenvalue weighted by atomic mass is 10.4. The van der Waals surface area contributed by atoms with Gasteiger partial charge in [-0.2, -0.15) is 0 Å². The van der Waals surface area contributed by atoms with Gasteiger partial charge in [0, 0.05) is 17.6 Å². The molecular formula is C9H17N3S. The zero-order chi connectivity index (χ0) is 9.68. The number of hydrogen-bond donors (Lipinski definition) is 1. The Kier molecular flexibility index (Phi) is 4.18. The van der Waals surface area contributed by atoms with Crippen LogP contribution in [0.3, 0.4) is 0 Å². The van der Waals surface area contributed by atoms with E-state index in [4.69, 9.17) is 0 Å². The molecule has 0 amide bonds. The molecule has 1 aromatic heterocycles. The molecule has 0 bridgehead atoms. The predicted molar refractivity (Wildman–Crippen MR) is 58.5 cm³/mol. The molecule has 0 unspecified atom stereocenters. The molecule has 0 spiro atoms. The number of rotatable bonds is 5. The normalized spacial score (nSPS) is 10.8. The van der Waals surface area contributed by atoms with Gasteiger partial charge in [0.25, 0.3) is 0 Å². The van der Waals surface area contributed by atoms with Crippen molar-refractivity contribution in [3.05, 3.63) is 11.1 Å².